The summed E-state index contributed by atoms with van der Waals surface area (Å²) in [5.74, 6) is -2.65. The number of carboxylic acid groups (broad SMARTS) is 2. The number of aryl methyl sites for hydroxylation is 1. The maximum Gasteiger partial charge on any atom is 0.321 e. The first-order valence-corrected chi connectivity index (χ1v) is 6.65. The van der Waals surface area contributed by atoms with Crippen LogP contribution in [-0.2, 0) is 26.7 Å². The Morgan fingerprint density at radius 2 is 2.11 bits per heavy atom. The van der Waals surface area contributed by atoms with Crippen molar-refractivity contribution in [3.8, 4) is 0 Å². The molecule has 1 aromatic rings. The van der Waals surface area contributed by atoms with Gasteiger partial charge in [-0.1, -0.05) is 0 Å². The lowest BCUT2D eigenvalue weighted by Gasteiger charge is -2.12. The standard InChI is InChI=1S/C9H13N3O6S/c1-12-4-7(10-5-12)19(17,18)11-6(9(15)16)2-3-8(13)14/h4-6,11H,2-3H2,1H3,(H,13,14)(H,15,16)/t6-/m0/s1. The molecule has 9 nitrogen and oxygen atoms in total. The van der Waals surface area contributed by atoms with Crippen molar-refractivity contribution in [2.75, 3.05) is 0 Å². The van der Waals surface area contributed by atoms with Crippen molar-refractivity contribution in [3.63, 3.8) is 0 Å². The number of hydrogen-bond acceptors (Lipinski definition) is 5. The van der Waals surface area contributed by atoms with Gasteiger partial charge in [0.1, 0.15) is 6.04 Å². The summed E-state index contributed by atoms with van der Waals surface area (Å²) in [5, 5.41) is 17.0. The zero-order valence-electron chi connectivity index (χ0n) is 9.98. The van der Waals surface area contributed by atoms with Crippen LogP contribution in [0.1, 0.15) is 12.8 Å². The van der Waals surface area contributed by atoms with Crippen molar-refractivity contribution < 1.29 is 28.2 Å². The van der Waals surface area contributed by atoms with Gasteiger partial charge >= 0.3 is 11.9 Å². The van der Waals surface area contributed by atoms with Crippen LogP contribution in [0.3, 0.4) is 0 Å². The predicted molar refractivity (Wildman–Crippen MR) is 61.8 cm³/mol. The fraction of sp³-hybridized carbons (Fsp3) is 0.444. The molecule has 1 aromatic heterocycles. The molecule has 0 aliphatic heterocycles. The van der Waals surface area contributed by atoms with Gasteiger partial charge in [-0.3, -0.25) is 9.59 Å². The Morgan fingerprint density at radius 3 is 2.53 bits per heavy atom. The molecule has 0 amide bonds. The monoisotopic (exact) mass is 291 g/mol. The highest BCUT2D eigenvalue weighted by Crippen LogP contribution is 2.07. The number of nitrogens with one attached hydrogen (secondary N) is 1. The molecule has 1 atom stereocenters. The fourth-order valence-electron chi connectivity index (χ4n) is 1.28. The van der Waals surface area contributed by atoms with Crippen LogP contribution in [0.25, 0.3) is 0 Å². The van der Waals surface area contributed by atoms with Crippen molar-refractivity contribution in [1.82, 2.24) is 14.3 Å². The van der Waals surface area contributed by atoms with E-state index in [0.717, 1.165) is 0 Å². The van der Waals surface area contributed by atoms with Gasteiger partial charge in [-0.15, -0.1) is 0 Å². The Balaban J connectivity index is 2.84. The van der Waals surface area contributed by atoms with Crippen molar-refractivity contribution in [1.29, 1.82) is 0 Å². The molecule has 0 aliphatic rings. The zero-order valence-corrected chi connectivity index (χ0v) is 10.8. The second-order valence-corrected chi connectivity index (χ2v) is 5.48. The van der Waals surface area contributed by atoms with Gasteiger partial charge in [0.2, 0.25) is 0 Å². The molecule has 0 aliphatic carbocycles. The summed E-state index contributed by atoms with van der Waals surface area (Å²) in [5.41, 5.74) is 0. The Bertz CT molecular complexity index is 579. The molecule has 19 heavy (non-hydrogen) atoms. The molecule has 0 bridgehead atoms. The molecule has 0 radical (unpaired) electrons. The normalized spacial score (nSPS) is 13.1. The van der Waals surface area contributed by atoms with Crippen LogP contribution >= 0.6 is 0 Å². The lowest BCUT2D eigenvalue weighted by molar-refractivity contribution is -0.140. The quantitative estimate of drug-likeness (QED) is 0.586. The number of hydrogen-bond donors (Lipinski definition) is 3. The average molecular weight is 291 g/mol. The van der Waals surface area contributed by atoms with Crippen molar-refractivity contribution in [2.24, 2.45) is 7.05 Å². The van der Waals surface area contributed by atoms with Crippen LogP contribution in [-0.4, -0.2) is 46.2 Å². The van der Waals surface area contributed by atoms with Crippen molar-refractivity contribution in [2.45, 2.75) is 23.9 Å². The number of carbonyl (C=O) groups is 2. The summed E-state index contributed by atoms with van der Waals surface area (Å²) in [7, 11) is -2.53. The lowest BCUT2D eigenvalue weighted by Crippen LogP contribution is -2.41. The van der Waals surface area contributed by atoms with E-state index < -0.39 is 34.4 Å². The third kappa shape index (κ3) is 4.34. The van der Waals surface area contributed by atoms with Crippen LogP contribution in [0.5, 0.6) is 0 Å². The molecule has 1 heterocycles. The first kappa shape index (κ1) is 15.1. The number of aromatic nitrogens is 2. The van der Waals surface area contributed by atoms with E-state index in [2.05, 4.69) is 4.98 Å². The van der Waals surface area contributed by atoms with Crippen molar-refractivity contribution >= 4 is 22.0 Å². The lowest BCUT2D eigenvalue weighted by atomic mass is 10.2. The molecule has 0 saturated heterocycles. The van der Waals surface area contributed by atoms with E-state index in [4.69, 9.17) is 10.2 Å². The topological polar surface area (TPSA) is 139 Å². The van der Waals surface area contributed by atoms with Crippen LogP contribution < -0.4 is 4.72 Å². The van der Waals surface area contributed by atoms with Gasteiger partial charge in [0.05, 0.1) is 6.33 Å². The van der Waals surface area contributed by atoms with Crippen molar-refractivity contribution in [3.05, 3.63) is 12.5 Å². The number of sulfonamides is 1. The SMILES string of the molecule is Cn1cnc(S(=O)(=O)N[C@@H](CCC(=O)O)C(=O)O)c1. The summed E-state index contributed by atoms with van der Waals surface area (Å²) < 4.78 is 26.9. The van der Waals surface area contributed by atoms with E-state index in [0.29, 0.717) is 0 Å². The molecular formula is C9H13N3O6S. The van der Waals surface area contributed by atoms with Gasteiger partial charge in [0, 0.05) is 19.7 Å². The Labute approximate surface area is 108 Å². The van der Waals surface area contributed by atoms with Crippen LogP contribution in [0.4, 0.5) is 0 Å². The van der Waals surface area contributed by atoms with Crippen LogP contribution in [0.15, 0.2) is 17.6 Å². The predicted octanol–water partition coefficient (Wildman–Crippen LogP) is -0.984. The van der Waals surface area contributed by atoms with Gasteiger partial charge in [0.25, 0.3) is 10.0 Å². The molecule has 10 heteroatoms. The van der Waals surface area contributed by atoms with E-state index in [1.165, 1.54) is 17.1 Å². The first-order chi connectivity index (χ1) is 8.72. The van der Waals surface area contributed by atoms with Crippen LogP contribution in [0, 0.1) is 0 Å². The maximum absolute atomic E-state index is 11.8. The van der Waals surface area contributed by atoms with Gasteiger partial charge in [-0.2, -0.15) is 4.72 Å². The Kier molecular flexibility index (Phi) is 4.62. The number of rotatable bonds is 7. The minimum atomic E-state index is -4.09. The molecule has 1 rings (SSSR count). The summed E-state index contributed by atoms with van der Waals surface area (Å²) in [6.07, 6.45) is 1.65. The Morgan fingerprint density at radius 1 is 1.47 bits per heavy atom. The molecule has 0 saturated carbocycles. The van der Waals surface area contributed by atoms with E-state index in [9.17, 15) is 18.0 Å². The number of imidazole rings is 1. The summed E-state index contributed by atoms with van der Waals surface area (Å²) >= 11 is 0. The highest BCUT2D eigenvalue weighted by molar-refractivity contribution is 7.89. The van der Waals surface area contributed by atoms with Gasteiger partial charge in [0.15, 0.2) is 5.03 Å². The van der Waals surface area contributed by atoms with Gasteiger partial charge < -0.3 is 14.8 Å². The second kappa shape index (κ2) is 5.80. The number of nitrogens with zero attached hydrogens (tertiary/aromatic N) is 2. The fourth-order valence-corrected chi connectivity index (χ4v) is 2.48. The molecule has 0 spiro atoms. The largest absolute Gasteiger partial charge is 0.481 e. The molecule has 3 N–H and O–H groups in total. The van der Waals surface area contributed by atoms with Crippen LogP contribution in [0.2, 0.25) is 0 Å². The molecule has 0 aromatic carbocycles. The smallest absolute Gasteiger partial charge is 0.321 e. The van der Waals surface area contributed by atoms with Gasteiger partial charge in [-0.05, 0) is 6.42 Å². The van der Waals surface area contributed by atoms with E-state index >= 15 is 0 Å². The second-order valence-electron chi connectivity index (χ2n) is 3.82. The van der Waals surface area contributed by atoms with E-state index in [1.54, 1.807) is 7.05 Å². The third-order valence-electron chi connectivity index (χ3n) is 2.20. The highest BCUT2D eigenvalue weighted by Gasteiger charge is 2.27. The summed E-state index contributed by atoms with van der Waals surface area (Å²) in [4.78, 5) is 24.9. The minimum absolute atomic E-state index is 0.323. The molecule has 0 fully saturated rings. The average Bonchev–Trinajstić information content (AvgIpc) is 2.71. The first-order valence-electron chi connectivity index (χ1n) is 5.17. The molecule has 0 unspecified atom stereocenters. The Hall–Kier alpha value is -1.94. The minimum Gasteiger partial charge on any atom is -0.481 e. The number of carboxylic acids is 2. The summed E-state index contributed by atoms with van der Waals surface area (Å²) in [6.45, 7) is 0. The van der Waals surface area contributed by atoms with Gasteiger partial charge in [-0.25, -0.2) is 13.4 Å². The summed E-state index contributed by atoms with van der Waals surface area (Å²) in [6, 6.07) is -1.51. The zero-order chi connectivity index (χ0) is 14.6. The molecule has 106 valence electrons. The number of aliphatic carboxylic acids is 2. The maximum atomic E-state index is 11.8. The van der Waals surface area contributed by atoms with E-state index in [1.807, 2.05) is 4.72 Å². The third-order valence-corrected chi connectivity index (χ3v) is 3.56. The molecular weight excluding hydrogens is 278 g/mol. The highest BCUT2D eigenvalue weighted by atomic mass is 32.2. The van der Waals surface area contributed by atoms with E-state index in [-0.39, 0.29) is 11.4 Å².